The molecule has 0 unspecified atom stereocenters. The molecule has 1 rings (SSSR count). The predicted molar refractivity (Wildman–Crippen MR) is 77.6 cm³/mol. The maximum atomic E-state index is 11.9. The molecule has 0 bridgehead atoms. The number of carboxylic acids is 1. The van der Waals surface area contributed by atoms with Gasteiger partial charge in [0.05, 0.1) is 0 Å². The minimum Gasteiger partial charge on any atom is -0.480 e. The average Bonchev–Trinajstić information content (AvgIpc) is 2.38. The van der Waals surface area contributed by atoms with Gasteiger partial charge in [0.25, 0.3) is 0 Å². The van der Waals surface area contributed by atoms with Crippen molar-refractivity contribution < 1.29 is 14.7 Å². The van der Waals surface area contributed by atoms with Crippen LogP contribution in [-0.2, 0) is 11.3 Å². The Morgan fingerprint density at radius 3 is 2.45 bits per heavy atom. The van der Waals surface area contributed by atoms with Gasteiger partial charge in [-0.05, 0) is 24.6 Å². The molecule has 0 heterocycles. The molecule has 0 aliphatic rings. The molecule has 0 saturated heterocycles. The van der Waals surface area contributed by atoms with E-state index in [4.69, 9.17) is 5.11 Å². The van der Waals surface area contributed by atoms with Gasteiger partial charge < -0.3 is 21.1 Å². The minimum atomic E-state index is -1.04. The van der Waals surface area contributed by atoms with E-state index in [1.54, 1.807) is 19.9 Å². The van der Waals surface area contributed by atoms with E-state index in [1.165, 1.54) is 0 Å². The van der Waals surface area contributed by atoms with Gasteiger partial charge in [-0.25, -0.2) is 9.59 Å². The van der Waals surface area contributed by atoms with Crippen molar-refractivity contribution in [1.29, 1.82) is 0 Å². The number of benzene rings is 1. The Labute approximate surface area is 118 Å². The van der Waals surface area contributed by atoms with Gasteiger partial charge in [-0.15, -0.1) is 0 Å². The fraction of sp³-hybridized carbons (Fsp3) is 0.429. The number of hydrogen-bond donors (Lipinski definition) is 4. The van der Waals surface area contributed by atoms with Crippen molar-refractivity contribution >= 4 is 17.7 Å². The number of amides is 2. The van der Waals surface area contributed by atoms with Crippen molar-refractivity contribution in [3.05, 3.63) is 29.8 Å². The summed E-state index contributed by atoms with van der Waals surface area (Å²) < 4.78 is 0. The Bertz CT molecular complexity index is 474. The van der Waals surface area contributed by atoms with E-state index in [-0.39, 0.29) is 5.92 Å². The molecule has 0 aliphatic heterocycles. The molecule has 0 aromatic heterocycles. The first kappa shape index (κ1) is 16.0. The zero-order chi connectivity index (χ0) is 15.1. The van der Waals surface area contributed by atoms with Crippen LogP contribution in [0.5, 0.6) is 0 Å². The smallest absolute Gasteiger partial charge is 0.326 e. The van der Waals surface area contributed by atoms with Crippen molar-refractivity contribution in [3.8, 4) is 0 Å². The van der Waals surface area contributed by atoms with Gasteiger partial charge in [-0.2, -0.15) is 0 Å². The molecule has 1 atom stereocenters. The van der Waals surface area contributed by atoms with Crippen LogP contribution in [-0.4, -0.2) is 30.2 Å². The Balaban J connectivity index is 2.73. The van der Waals surface area contributed by atoms with Gasteiger partial charge in [0.2, 0.25) is 0 Å². The van der Waals surface area contributed by atoms with Crippen LogP contribution in [0.3, 0.4) is 0 Å². The predicted octanol–water partition coefficient (Wildman–Crippen LogP) is 1.64. The first-order chi connectivity index (χ1) is 9.45. The highest BCUT2D eigenvalue weighted by Gasteiger charge is 2.23. The maximum absolute atomic E-state index is 11.9. The fourth-order valence-corrected chi connectivity index (χ4v) is 1.80. The van der Waals surface area contributed by atoms with Gasteiger partial charge in [0.1, 0.15) is 6.04 Å². The lowest BCUT2D eigenvalue weighted by Gasteiger charge is -2.19. The lowest BCUT2D eigenvalue weighted by Crippen LogP contribution is -2.46. The molecule has 110 valence electrons. The van der Waals surface area contributed by atoms with E-state index in [2.05, 4.69) is 16.0 Å². The van der Waals surface area contributed by atoms with Gasteiger partial charge in [-0.3, -0.25) is 0 Å². The van der Waals surface area contributed by atoms with E-state index < -0.39 is 18.0 Å². The second-order valence-electron chi connectivity index (χ2n) is 4.85. The number of carbonyl (C=O) groups is 2. The quantitative estimate of drug-likeness (QED) is 0.637. The van der Waals surface area contributed by atoms with E-state index in [0.717, 1.165) is 5.56 Å². The van der Waals surface area contributed by atoms with E-state index in [9.17, 15) is 9.59 Å². The molecule has 4 N–H and O–H groups in total. The van der Waals surface area contributed by atoms with Crippen LogP contribution in [0.4, 0.5) is 10.5 Å². The normalized spacial score (nSPS) is 12.0. The SMILES string of the molecule is CNCc1ccccc1NC(=O)N[C@@H](C(=O)O)C(C)C. The monoisotopic (exact) mass is 279 g/mol. The number of carbonyl (C=O) groups excluding carboxylic acids is 1. The lowest BCUT2D eigenvalue weighted by molar-refractivity contribution is -0.140. The van der Waals surface area contributed by atoms with Crippen molar-refractivity contribution in [2.24, 2.45) is 5.92 Å². The lowest BCUT2D eigenvalue weighted by atomic mass is 10.1. The summed E-state index contributed by atoms with van der Waals surface area (Å²) in [6.07, 6.45) is 0. The Morgan fingerprint density at radius 2 is 1.90 bits per heavy atom. The molecule has 0 saturated carbocycles. The molecule has 1 aromatic rings. The molecule has 0 aliphatic carbocycles. The zero-order valence-electron chi connectivity index (χ0n) is 11.9. The minimum absolute atomic E-state index is 0.189. The van der Waals surface area contributed by atoms with Crippen LogP contribution in [0.1, 0.15) is 19.4 Å². The van der Waals surface area contributed by atoms with Gasteiger partial charge in [0.15, 0.2) is 0 Å². The molecule has 0 spiro atoms. The summed E-state index contributed by atoms with van der Waals surface area (Å²) in [6, 6.07) is 5.93. The molecule has 6 heteroatoms. The van der Waals surface area contributed by atoms with Crippen LogP contribution in [0.2, 0.25) is 0 Å². The molecule has 20 heavy (non-hydrogen) atoms. The average molecular weight is 279 g/mol. The highest BCUT2D eigenvalue weighted by atomic mass is 16.4. The topological polar surface area (TPSA) is 90.5 Å². The van der Waals surface area contributed by atoms with Crippen LogP contribution in [0.15, 0.2) is 24.3 Å². The third-order valence-corrected chi connectivity index (χ3v) is 2.85. The van der Waals surface area contributed by atoms with Crippen LogP contribution < -0.4 is 16.0 Å². The number of aliphatic carboxylic acids is 1. The Kier molecular flexibility index (Phi) is 5.99. The van der Waals surface area contributed by atoms with E-state index >= 15 is 0 Å². The summed E-state index contributed by atoms with van der Waals surface area (Å²) in [7, 11) is 1.82. The summed E-state index contributed by atoms with van der Waals surface area (Å²) in [5.41, 5.74) is 1.59. The highest BCUT2D eigenvalue weighted by Crippen LogP contribution is 2.14. The largest absolute Gasteiger partial charge is 0.480 e. The summed E-state index contributed by atoms with van der Waals surface area (Å²) >= 11 is 0. The molecule has 0 fully saturated rings. The molecular weight excluding hydrogens is 258 g/mol. The second-order valence-corrected chi connectivity index (χ2v) is 4.85. The van der Waals surface area contributed by atoms with Gasteiger partial charge >= 0.3 is 12.0 Å². The third-order valence-electron chi connectivity index (χ3n) is 2.85. The maximum Gasteiger partial charge on any atom is 0.326 e. The summed E-state index contributed by atoms with van der Waals surface area (Å²) in [5, 5.41) is 17.2. The Morgan fingerprint density at radius 1 is 1.25 bits per heavy atom. The number of anilines is 1. The molecule has 1 aromatic carbocycles. The summed E-state index contributed by atoms with van der Waals surface area (Å²) in [5.74, 6) is -1.23. The first-order valence-electron chi connectivity index (χ1n) is 6.48. The van der Waals surface area contributed by atoms with Crippen molar-refractivity contribution in [3.63, 3.8) is 0 Å². The van der Waals surface area contributed by atoms with Crippen LogP contribution in [0, 0.1) is 5.92 Å². The number of carboxylic acid groups (broad SMARTS) is 1. The molecular formula is C14H21N3O3. The summed E-state index contributed by atoms with van der Waals surface area (Å²) in [6.45, 7) is 4.10. The molecule has 2 amide bonds. The van der Waals surface area contributed by atoms with Crippen LogP contribution in [0.25, 0.3) is 0 Å². The Hall–Kier alpha value is -2.08. The number of rotatable bonds is 6. The third kappa shape index (κ3) is 4.55. The van der Waals surface area contributed by atoms with Crippen molar-refractivity contribution in [2.45, 2.75) is 26.4 Å². The summed E-state index contributed by atoms with van der Waals surface area (Å²) in [4.78, 5) is 22.9. The van der Waals surface area contributed by atoms with Crippen LogP contribution >= 0.6 is 0 Å². The zero-order valence-corrected chi connectivity index (χ0v) is 11.9. The van der Waals surface area contributed by atoms with Gasteiger partial charge in [-0.1, -0.05) is 32.0 Å². The molecule has 0 radical (unpaired) electrons. The van der Waals surface area contributed by atoms with Crippen molar-refractivity contribution in [1.82, 2.24) is 10.6 Å². The fourth-order valence-electron chi connectivity index (χ4n) is 1.80. The van der Waals surface area contributed by atoms with Gasteiger partial charge in [0, 0.05) is 12.2 Å². The van der Waals surface area contributed by atoms with E-state index in [0.29, 0.717) is 12.2 Å². The first-order valence-corrected chi connectivity index (χ1v) is 6.48. The van der Waals surface area contributed by atoms with Crippen molar-refractivity contribution in [2.75, 3.05) is 12.4 Å². The molecule has 6 nitrogen and oxygen atoms in total. The van der Waals surface area contributed by atoms with E-state index in [1.807, 2.05) is 25.2 Å². The number of para-hydroxylation sites is 1. The standard InChI is InChI=1S/C14H21N3O3/c1-9(2)12(13(18)19)17-14(20)16-11-7-5-4-6-10(11)8-15-3/h4-7,9,12,15H,8H2,1-3H3,(H,18,19)(H2,16,17,20)/t12-/m1/s1. The second kappa shape index (κ2) is 7.49. The number of nitrogens with one attached hydrogen (secondary N) is 3. The highest BCUT2D eigenvalue weighted by molar-refractivity contribution is 5.92. The number of urea groups is 1. The number of hydrogen-bond acceptors (Lipinski definition) is 3.